The van der Waals surface area contributed by atoms with Crippen molar-refractivity contribution in [3.8, 4) is 5.75 Å². The molecule has 0 saturated heterocycles. The molecule has 2 aromatic rings. The molecule has 0 fully saturated rings. The Bertz CT molecular complexity index is 818. The van der Waals surface area contributed by atoms with E-state index >= 15 is 0 Å². The summed E-state index contributed by atoms with van der Waals surface area (Å²) in [6.07, 6.45) is 2.06. The van der Waals surface area contributed by atoms with Gasteiger partial charge in [-0.25, -0.2) is 0 Å². The topological polar surface area (TPSA) is 79.5 Å². The number of carbonyl (C=O) groups is 2. The number of nitrogens with one attached hydrogen (secondary N) is 3. The van der Waals surface area contributed by atoms with Crippen LogP contribution in [0.3, 0.4) is 0 Å². The summed E-state index contributed by atoms with van der Waals surface area (Å²) in [6, 6.07) is 12.8. The Kier molecular flexibility index (Phi) is 7.43. The lowest BCUT2D eigenvalue weighted by atomic mass is 10.1. The van der Waals surface area contributed by atoms with Gasteiger partial charge in [-0.1, -0.05) is 37.8 Å². The van der Waals surface area contributed by atoms with Crippen molar-refractivity contribution >= 4 is 28.9 Å². The van der Waals surface area contributed by atoms with E-state index in [4.69, 9.17) is 4.74 Å². The fraction of sp³-hybridized carbons (Fsp3) is 0.238. The minimum atomic E-state index is -0.202. The quantitative estimate of drug-likeness (QED) is 0.586. The molecule has 0 bridgehead atoms. The predicted molar refractivity (Wildman–Crippen MR) is 109 cm³/mol. The van der Waals surface area contributed by atoms with Crippen LogP contribution in [0.15, 0.2) is 55.1 Å². The molecule has 0 saturated carbocycles. The number of hydrogen-bond donors (Lipinski definition) is 3. The Hall–Kier alpha value is -3.28. The van der Waals surface area contributed by atoms with Gasteiger partial charge in [0.15, 0.2) is 0 Å². The third-order valence-corrected chi connectivity index (χ3v) is 3.89. The highest BCUT2D eigenvalue weighted by Crippen LogP contribution is 2.25. The first-order valence-corrected chi connectivity index (χ1v) is 8.81. The van der Waals surface area contributed by atoms with Crippen LogP contribution >= 0.6 is 0 Å². The van der Waals surface area contributed by atoms with E-state index in [0.717, 1.165) is 16.9 Å². The highest BCUT2D eigenvalue weighted by atomic mass is 16.5. The number of benzene rings is 2. The Morgan fingerprint density at radius 3 is 2.41 bits per heavy atom. The first-order chi connectivity index (χ1) is 13.0. The molecule has 0 aliphatic heterocycles. The summed E-state index contributed by atoms with van der Waals surface area (Å²) in [4.78, 5) is 23.9. The molecule has 6 heteroatoms. The first kappa shape index (κ1) is 20.0. The van der Waals surface area contributed by atoms with E-state index in [-0.39, 0.29) is 18.4 Å². The van der Waals surface area contributed by atoms with E-state index in [0.29, 0.717) is 24.5 Å². The van der Waals surface area contributed by atoms with Gasteiger partial charge in [-0.3, -0.25) is 9.59 Å². The minimum Gasteiger partial charge on any atom is -0.487 e. The Balaban J connectivity index is 1.99. The van der Waals surface area contributed by atoms with E-state index in [2.05, 4.69) is 22.5 Å². The van der Waals surface area contributed by atoms with Crippen molar-refractivity contribution in [2.75, 3.05) is 29.1 Å². The lowest BCUT2D eigenvalue weighted by molar-refractivity contribution is -0.116. The summed E-state index contributed by atoms with van der Waals surface area (Å²) >= 11 is 0. The van der Waals surface area contributed by atoms with Gasteiger partial charge in [-0.2, -0.15) is 0 Å². The average molecular weight is 367 g/mol. The second-order valence-corrected chi connectivity index (χ2v) is 5.88. The molecule has 0 spiro atoms. The number of carbonyl (C=O) groups excluding carboxylic acids is 2. The van der Waals surface area contributed by atoms with Gasteiger partial charge in [0.25, 0.3) is 0 Å². The van der Waals surface area contributed by atoms with Crippen LogP contribution in [0, 0.1) is 6.92 Å². The Labute approximate surface area is 159 Å². The zero-order chi connectivity index (χ0) is 19.6. The molecule has 27 heavy (non-hydrogen) atoms. The number of ether oxygens (including phenoxy) is 1. The summed E-state index contributed by atoms with van der Waals surface area (Å²) in [6.45, 7) is 7.76. The zero-order valence-corrected chi connectivity index (χ0v) is 15.7. The normalized spacial score (nSPS) is 10.0. The SMILES string of the molecule is C=CCOc1ccccc1NC(=O)CNc1cccc(NC(=O)CC)c1C. The maximum Gasteiger partial charge on any atom is 0.243 e. The lowest BCUT2D eigenvalue weighted by Crippen LogP contribution is -2.22. The van der Waals surface area contributed by atoms with Crippen LogP contribution in [0.25, 0.3) is 0 Å². The number of rotatable bonds is 9. The van der Waals surface area contributed by atoms with E-state index < -0.39 is 0 Å². The van der Waals surface area contributed by atoms with Crippen LogP contribution in [0.5, 0.6) is 5.75 Å². The molecule has 0 aromatic heterocycles. The molecular weight excluding hydrogens is 342 g/mol. The predicted octanol–water partition coefficient (Wildman–Crippen LogP) is 3.96. The molecule has 6 nitrogen and oxygen atoms in total. The maximum atomic E-state index is 12.3. The van der Waals surface area contributed by atoms with Crippen molar-refractivity contribution in [2.24, 2.45) is 0 Å². The molecule has 142 valence electrons. The van der Waals surface area contributed by atoms with E-state index in [1.807, 2.05) is 37.3 Å². The summed E-state index contributed by atoms with van der Waals surface area (Å²) < 4.78 is 5.54. The van der Waals surface area contributed by atoms with Crippen LogP contribution in [0.1, 0.15) is 18.9 Å². The molecule has 2 rings (SSSR count). The number of hydrogen-bond acceptors (Lipinski definition) is 4. The smallest absolute Gasteiger partial charge is 0.243 e. The molecule has 0 aliphatic rings. The van der Waals surface area contributed by atoms with Crippen LogP contribution in [-0.2, 0) is 9.59 Å². The fourth-order valence-electron chi connectivity index (χ4n) is 2.42. The van der Waals surface area contributed by atoms with Crippen LogP contribution < -0.4 is 20.7 Å². The first-order valence-electron chi connectivity index (χ1n) is 8.81. The number of amides is 2. The highest BCUT2D eigenvalue weighted by Gasteiger charge is 2.10. The molecule has 0 radical (unpaired) electrons. The monoisotopic (exact) mass is 367 g/mol. The molecule has 3 N–H and O–H groups in total. The molecule has 0 unspecified atom stereocenters. The summed E-state index contributed by atoms with van der Waals surface area (Å²) in [5.74, 6) is 0.336. The Morgan fingerprint density at radius 2 is 1.67 bits per heavy atom. The summed E-state index contributed by atoms with van der Waals surface area (Å²) in [7, 11) is 0. The van der Waals surface area contributed by atoms with Gasteiger partial charge in [-0.05, 0) is 36.8 Å². The van der Waals surface area contributed by atoms with Crippen molar-refractivity contribution < 1.29 is 14.3 Å². The van der Waals surface area contributed by atoms with Gasteiger partial charge in [-0.15, -0.1) is 0 Å². The second-order valence-electron chi connectivity index (χ2n) is 5.88. The molecule has 0 atom stereocenters. The molecule has 2 aromatic carbocycles. The third kappa shape index (κ3) is 5.88. The molecule has 2 amide bonds. The van der Waals surface area contributed by atoms with Crippen molar-refractivity contribution in [1.82, 2.24) is 0 Å². The molecular formula is C21H25N3O3. The zero-order valence-electron chi connectivity index (χ0n) is 15.7. The summed E-state index contributed by atoms with van der Waals surface area (Å²) in [5.41, 5.74) is 3.00. The van der Waals surface area contributed by atoms with Gasteiger partial charge >= 0.3 is 0 Å². The van der Waals surface area contributed by atoms with Crippen LogP contribution in [0.4, 0.5) is 17.1 Å². The van der Waals surface area contributed by atoms with Crippen molar-refractivity contribution in [1.29, 1.82) is 0 Å². The van der Waals surface area contributed by atoms with Gasteiger partial charge in [0.2, 0.25) is 11.8 Å². The van der Waals surface area contributed by atoms with Gasteiger partial charge < -0.3 is 20.7 Å². The van der Waals surface area contributed by atoms with Crippen LogP contribution in [0.2, 0.25) is 0 Å². The van der Waals surface area contributed by atoms with Crippen LogP contribution in [-0.4, -0.2) is 25.0 Å². The van der Waals surface area contributed by atoms with E-state index in [1.165, 1.54) is 0 Å². The van der Waals surface area contributed by atoms with E-state index in [1.54, 1.807) is 25.1 Å². The molecule has 0 heterocycles. The number of para-hydroxylation sites is 2. The fourth-order valence-corrected chi connectivity index (χ4v) is 2.42. The standard InChI is InChI=1S/C21H25N3O3/c1-4-13-27-19-12-7-6-9-18(19)24-21(26)14-22-16-10-8-11-17(15(16)3)23-20(25)5-2/h4,6-12,22H,1,5,13-14H2,2-3H3,(H,23,25)(H,24,26). The van der Waals surface area contributed by atoms with Crippen molar-refractivity contribution in [3.63, 3.8) is 0 Å². The van der Waals surface area contributed by atoms with Gasteiger partial charge in [0.1, 0.15) is 12.4 Å². The summed E-state index contributed by atoms with van der Waals surface area (Å²) in [5, 5.41) is 8.79. The maximum absolute atomic E-state index is 12.3. The largest absolute Gasteiger partial charge is 0.487 e. The van der Waals surface area contributed by atoms with Crippen molar-refractivity contribution in [2.45, 2.75) is 20.3 Å². The lowest BCUT2D eigenvalue weighted by Gasteiger charge is -2.15. The average Bonchev–Trinajstić information content (AvgIpc) is 2.67. The highest BCUT2D eigenvalue weighted by molar-refractivity contribution is 5.96. The number of anilines is 3. The third-order valence-electron chi connectivity index (χ3n) is 3.89. The second kappa shape index (κ2) is 10.0. The van der Waals surface area contributed by atoms with Gasteiger partial charge in [0.05, 0.1) is 12.2 Å². The van der Waals surface area contributed by atoms with Crippen molar-refractivity contribution in [3.05, 3.63) is 60.7 Å². The van der Waals surface area contributed by atoms with Gasteiger partial charge in [0, 0.05) is 17.8 Å². The Morgan fingerprint density at radius 1 is 1.00 bits per heavy atom. The van der Waals surface area contributed by atoms with E-state index in [9.17, 15) is 9.59 Å². The minimum absolute atomic E-state index is 0.0517. The molecule has 0 aliphatic carbocycles.